The Labute approximate surface area is 83.7 Å². The highest BCUT2D eigenvalue weighted by Gasteiger charge is 2.11. The summed E-state index contributed by atoms with van der Waals surface area (Å²) >= 11 is 0. The molecule has 0 aliphatic carbocycles. The molecule has 1 heterocycles. The van der Waals surface area contributed by atoms with Crippen LogP contribution in [0.4, 0.5) is 0 Å². The average Bonchev–Trinajstić information content (AvgIpc) is 2.23. The SMILES string of the molecule is NC1OC=CC=C1Cc1ccccc1. The zero-order valence-corrected chi connectivity index (χ0v) is 7.89. The minimum Gasteiger partial charge on any atom is -0.479 e. The Morgan fingerprint density at radius 2 is 2.00 bits per heavy atom. The fourth-order valence-electron chi connectivity index (χ4n) is 1.47. The summed E-state index contributed by atoms with van der Waals surface area (Å²) in [6, 6.07) is 10.2. The number of ether oxygens (including phenoxy) is 1. The third kappa shape index (κ3) is 2.03. The van der Waals surface area contributed by atoms with Crippen LogP contribution >= 0.6 is 0 Å². The van der Waals surface area contributed by atoms with Crippen molar-refractivity contribution in [1.82, 2.24) is 0 Å². The van der Waals surface area contributed by atoms with Crippen LogP contribution in [0.15, 0.2) is 54.3 Å². The van der Waals surface area contributed by atoms with Gasteiger partial charge in [-0.05, 0) is 23.6 Å². The van der Waals surface area contributed by atoms with Gasteiger partial charge in [0.25, 0.3) is 0 Å². The summed E-state index contributed by atoms with van der Waals surface area (Å²) in [5, 5.41) is 0. The van der Waals surface area contributed by atoms with Gasteiger partial charge in [-0.2, -0.15) is 0 Å². The fourth-order valence-corrected chi connectivity index (χ4v) is 1.47. The maximum absolute atomic E-state index is 5.79. The van der Waals surface area contributed by atoms with Gasteiger partial charge < -0.3 is 4.74 Å². The van der Waals surface area contributed by atoms with E-state index in [0.717, 1.165) is 12.0 Å². The molecule has 1 unspecified atom stereocenters. The number of rotatable bonds is 2. The van der Waals surface area contributed by atoms with Crippen molar-refractivity contribution in [3.05, 3.63) is 59.9 Å². The van der Waals surface area contributed by atoms with Crippen LogP contribution < -0.4 is 5.73 Å². The molecule has 1 aromatic rings. The zero-order chi connectivity index (χ0) is 9.80. The van der Waals surface area contributed by atoms with Gasteiger partial charge in [-0.15, -0.1) is 0 Å². The van der Waals surface area contributed by atoms with E-state index in [1.807, 2.05) is 30.4 Å². The van der Waals surface area contributed by atoms with E-state index >= 15 is 0 Å². The average molecular weight is 187 g/mol. The largest absolute Gasteiger partial charge is 0.479 e. The first-order valence-electron chi connectivity index (χ1n) is 4.67. The molecular formula is C12H13NO. The lowest BCUT2D eigenvalue weighted by Gasteiger charge is -2.18. The number of benzene rings is 1. The van der Waals surface area contributed by atoms with E-state index in [2.05, 4.69) is 12.1 Å². The molecular weight excluding hydrogens is 174 g/mol. The molecule has 0 saturated carbocycles. The summed E-state index contributed by atoms with van der Waals surface area (Å²) in [6.07, 6.45) is 6.08. The van der Waals surface area contributed by atoms with Crippen LogP contribution in [-0.4, -0.2) is 6.23 Å². The van der Waals surface area contributed by atoms with Gasteiger partial charge in [0.2, 0.25) is 0 Å². The van der Waals surface area contributed by atoms with Crippen LogP contribution in [0, 0.1) is 0 Å². The van der Waals surface area contributed by atoms with Crippen LogP contribution in [-0.2, 0) is 11.2 Å². The normalized spacial score (nSPS) is 20.1. The first kappa shape index (κ1) is 9.03. The Morgan fingerprint density at radius 3 is 2.71 bits per heavy atom. The van der Waals surface area contributed by atoms with Gasteiger partial charge in [0.15, 0.2) is 6.23 Å². The van der Waals surface area contributed by atoms with Crippen molar-refractivity contribution in [2.45, 2.75) is 12.6 Å². The van der Waals surface area contributed by atoms with Crippen LogP contribution in [0.2, 0.25) is 0 Å². The van der Waals surface area contributed by atoms with Gasteiger partial charge >= 0.3 is 0 Å². The van der Waals surface area contributed by atoms with Gasteiger partial charge in [-0.1, -0.05) is 36.4 Å². The van der Waals surface area contributed by atoms with Gasteiger partial charge in [0.05, 0.1) is 6.26 Å². The molecule has 0 amide bonds. The zero-order valence-electron chi connectivity index (χ0n) is 7.89. The lowest BCUT2D eigenvalue weighted by molar-refractivity contribution is 0.176. The third-order valence-corrected chi connectivity index (χ3v) is 2.23. The lowest BCUT2D eigenvalue weighted by Crippen LogP contribution is -2.26. The molecule has 0 fully saturated rings. The van der Waals surface area contributed by atoms with Crippen molar-refractivity contribution in [3.63, 3.8) is 0 Å². The molecule has 2 nitrogen and oxygen atoms in total. The molecule has 2 heteroatoms. The van der Waals surface area contributed by atoms with Gasteiger partial charge in [-0.3, -0.25) is 5.73 Å². The van der Waals surface area contributed by atoms with Crippen molar-refractivity contribution in [1.29, 1.82) is 0 Å². The van der Waals surface area contributed by atoms with Crippen LogP contribution in [0.5, 0.6) is 0 Å². The Balaban J connectivity index is 2.11. The molecule has 1 atom stereocenters. The van der Waals surface area contributed by atoms with Gasteiger partial charge in [-0.25, -0.2) is 0 Å². The second-order valence-electron chi connectivity index (χ2n) is 3.29. The quantitative estimate of drug-likeness (QED) is 0.768. The number of hydrogen-bond acceptors (Lipinski definition) is 2. The molecule has 0 radical (unpaired) electrons. The maximum atomic E-state index is 5.79. The van der Waals surface area contributed by atoms with E-state index in [9.17, 15) is 0 Å². The van der Waals surface area contributed by atoms with Gasteiger partial charge in [0.1, 0.15) is 0 Å². The molecule has 14 heavy (non-hydrogen) atoms. The second kappa shape index (κ2) is 4.11. The smallest absolute Gasteiger partial charge is 0.169 e. The summed E-state index contributed by atoms with van der Waals surface area (Å²) in [5.41, 5.74) is 8.15. The Bertz CT molecular complexity index is 354. The highest BCUT2D eigenvalue weighted by Crippen LogP contribution is 2.14. The second-order valence-corrected chi connectivity index (χ2v) is 3.29. The molecule has 72 valence electrons. The Kier molecular flexibility index (Phi) is 2.65. The molecule has 0 aromatic heterocycles. The van der Waals surface area contributed by atoms with Crippen LogP contribution in [0.25, 0.3) is 0 Å². The van der Waals surface area contributed by atoms with Crippen molar-refractivity contribution >= 4 is 0 Å². The minimum absolute atomic E-state index is 0.291. The van der Waals surface area contributed by atoms with E-state index in [1.54, 1.807) is 6.26 Å². The van der Waals surface area contributed by atoms with Gasteiger partial charge in [0, 0.05) is 0 Å². The van der Waals surface area contributed by atoms with Crippen molar-refractivity contribution in [2.24, 2.45) is 5.73 Å². The third-order valence-electron chi connectivity index (χ3n) is 2.23. The molecule has 0 bridgehead atoms. The van der Waals surface area contributed by atoms with Crippen molar-refractivity contribution < 1.29 is 4.74 Å². The van der Waals surface area contributed by atoms with E-state index in [1.165, 1.54) is 5.56 Å². The minimum atomic E-state index is -0.291. The summed E-state index contributed by atoms with van der Waals surface area (Å²) in [7, 11) is 0. The summed E-state index contributed by atoms with van der Waals surface area (Å²) in [4.78, 5) is 0. The molecule has 2 N–H and O–H groups in total. The number of allylic oxidation sites excluding steroid dienone is 2. The molecule has 1 aromatic carbocycles. The molecule has 1 aliphatic rings. The van der Waals surface area contributed by atoms with Crippen LogP contribution in [0.3, 0.4) is 0 Å². The first-order chi connectivity index (χ1) is 6.86. The van der Waals surface area contributed by atoms with Crippen molar-refractivity contribution in [2.75, 3.05) is 0 Å². The monoisotopic (exact) mass is 187 g/mol. The molecule has 1 aliphatic heterocycles. The predicted octanol–water partition coefficient (Wildman–Crippen LogP) is 1.98. The predicted molar refractivity (Wildman–Crippen MR) is 56.4 cm³/mol. The fraction of sp³-hybridized carbons (Fsp3) is 0.167. The van der Waals surface area contributed by atoms with E-state index in [0.29, 0.717) is 0 Å². The molecule has 0 spiro atoms. The van der Waals surface area contributed by atoms with E-state index in [4.69, 9.17) is 10.5 Å². The van der Waals surface area contributed by atoms with E-state index in [-0.39, 0.29) is 6.23 Å². The highest BCUT2D eigenvalue weighted by atomic mass is 16.5. The highest BCUT2D eigenvalue weighted by molar-refractivity contribution is 5.27. The summed E-state index contributed by atoms with van der Waals surface area (Å²) in [5.74, 6) is 0. The first-order valence-corrected chi connectivity index (χ1v) is 4.67. The molecule has 0 saturated heterocycles. The topological polar surface area (TPSA) is 35.2 Å². The summed E-state index contributed by atoms with van der Waals surface area (Å²) in [6.45, 7) is 0. The Morgan fingerprint density at radius 1 is 1.21 bits per heavy atom. The van der Waals surface area contributed by atoms with E-state index < -0.39 is 0 Å². The Hall–Kier alpha value is -1.54. The molecule has 2 rings (SSSR count). The summed E-state index contributed by atoms with van der Waals surface area (Å²) < 4.78 is 5.19. The standard InChI is InChI=1S/C12H13NO/c13-12-11(7-4-8-14-12)9-10-5-2-1-3-6-10/h1-8,12H,9,13H2. The number of nitrogens with two attached hydrogens (primary N) is 1. The number of hydrogen-bond donors (Lipinski definition) is 1. The maximum Gasteiger partial charge on any atom is 0.169 e. The lowest BCUT2D eigenvalue weighted by atomic mass is 10.0. The van der Waals surface area contributed by atoms with Crippen LogP contribution in [0.1, 0.15) is 5.56 Å². The van der Waals surface area contributed by atoms with Crippen molar-refractivity contribution in [3.8, 4) is 0 Å².